The first-order valence-electron chi connectivity index (χ1n) is 14.5. The molecule has 0 bridgehead atoms. The van der Waals surface area contributed by atoms with Crippen molar-refractivity contribution in [1.29, 1.82) is 0 Å². The normalized spacial score (nSPS) is 11.5. The third-order valence-electron chi connectivity index (χ3n) is 7.15. The van der Waals surface area contributed by atoms with Crippen LogP contribution in [0.2, 0.25) is 0 Å². The average molecular weight is 667 g/mol. The maximum absolute atomic E-state index is 13.1. The largest absolute Gasteiger partial charge is 0.325 e. The van der Waals surface area contributed by atoms with Gasteiger partial charge in [0, 0.05) is 34.8 Å². The number of hydrogen-bond acceptors (Lipinski definition) is 9. The summed E-state index contributed by atoms with van der Waals surface area (Å²) in [6.45, 7) is 6.56. The molecule has 2 heterocycles. The van der Waals surface area contributed by atoms with Crippen LogP contribution in [0.5, 0.6) is 0 Å². The number of nitrogens with one attached hydrogen (secondary N) is 1. The van der Waals surface area contributed by atoms with E-state index in [1.807, 2.05) is 53.1 Å². The summed E-state index contributed by atoms with van der Waals surface area (Å²) in [6, 6.07) is 30.5. The van der Waals surface area contributed by atoms with Crippen molar-refractivity contribution in [1.82, 2.24) is 19.7 Å². The topological polar surface area (TPSA) is 116 Å². The van der Waals surface area contributed by atoms with Gasteiger partial charge in [-0.15, -0.1) is 21.5 Å². The van der Waals surface area contributed by atoms with Gasteiger partial charge in [-0.3, -0.25) is 19.5 Å². The smallest absolute Gasteiger partial charge is 0.269 e. The first kappa shape index (κ1) is 31.5. The van der Waals surface area contributed by atoms with Crippen LogP contribution in [0.25, 0.3) is 27.3 Å². The lowest BCUT2D eigenvalue weighted by Gasteiger charge is -2.19. The summed E-state index contributed by atoms with van der Waals surface area (Å²) < 4.78 is 3.84. The quantitative estimate of drug-likeness (QED) is 0.0876. The Morgan fingerprint density at radius 2 is 1.67 bits per heavy atom. The number of hydrogen-bond donors (Lipinski definition) is 1. The summed E-state index contributed by atoms with van der Waals surface area (Å²) >= 11 is 4.45. The van der Waals surface area contributed by atoms with Gasteiger partial charge in [0.25, 0.3) is 5.69 Å². The first-order chi connectivity index (χ1) is 22.1. The highest BCUT2D eigenvalue weighted by atomic mass is 32.2. The number of rotatable bonds is 10. The standard InChI is InChI=1S/C34H30N6O3S3/c1-34(2,3)24-13-11-23(12-14-24)31-37-38-32(39(31)26-7-5-4-6-8-26)44-21-30(41)35-25-15-18-28-29(19-25)46-33(36-28)45-20-22-9-16-27(17-10-22)40(42)43/h4-19H,20-21H2,1-3H3,(H,35,41). The lowest BCUT2D eigenvalue weighted by molar-refractivity contribution is -0.384. The molecule has 0 aliphatic rings. The van der Waals surface area contributed by atoms with Gasteiger partial charge in [0.1, 0.15) is 0 Å². The Morgan fingerprint density at radius 1 is 0.935 bits per heavy atom. The van der Waals surface area contributed by atoms with Crippen molar-refractivity contribution < 1.29 is 9.72 Å². The fourth-order valence-electron chi connectivity index (χ4n) is 4.71. The Kier molecular flexibility index (Phi) is 9.20. The SMILES string of the molecule is CC(C)(C)c1ccc(-c2nnc(SCC(=O)Nc3ccc4nc(SCc5ccc([N+](=O)[O-])cc5)sc4c3)n2-c2ccccc2)cc1. The summed E-state index contributed by atoms with van der Waals surface area (Å²) in [5.74, 6) is 1.37. The van der Waals surface area contributed by atoms with Crippen LogP contribution in [0.4, 0.5) is 11.4 Å². The number of fused-ring (bicyclic) bond motifs is 1. The van der Waals surface area contributed by atoms with Gasteiger partial charge in [0.05, 0.1) is 20.9 Å². The van der Waals surface area contributed by atoms with Crippen LogP contribution >= 0.6 is 34.9 Å². The number of non-ortho nitro benzene ring substituents is 1. The number of nitro benzene ring substituents is 1. The molecule has 0 saturated heterocycles. The maximum atomic E-state index is 13.1. The minimum atomic E-state index is -0.403. The Labute approximate surface area is 278 Å². The van der Waals surface area contributed by atoms with Crippen molar-refractivity contribution in [3.63, 3.8) is 0 Å². The summed E-state index contributed by atoms with van der Waals surface area (Å²) in [6.07, 6.45) is 0. The van der Waals surface area contributed by atoms with E-state index in [4.69, 9.17) is 4.98 Å². The zero-order valence-electron chi connectivity index (χ0n) is 25.3. The lowest BCUT2D eigenvalue weighted by Crippen LogP contribution is -2.14. The summed E-state index contributed by atoms with van der Waals surface area (Å²) in [4.78, 5) is 28.2. The van der Waals surface area contributed by atoms with Crippen molar-refractivity contribution in [2.24, 2.45) is 0 Å². The minimum absolute atomic E-state index is 0.0446. The van der Waals surface area contributed by atoms with E-state index < -0.39 is 4.92 Å². The molecule has 0 saturated carbocycles. The monoisotopic (exact) mass is 666 g/mol. The number of thioether (sulfide) groups is 2. The number of aromatic nitrogens is 4. The average Bonchev–Trinajstić information content (AvgIpc) is 3.67. The number of amides is 1. The molecular weight excluding hydrogens is 637 g/mol. The van der Waals surface area contributed by atoms with E-state index in [0.29, 0.717) is 22.4 Å². The van der Waals surface area contributed by atoms with Crippen molar-refractivity contribution >= 4 is 62.4 Å². The second kappa shape index (κ2) is 13.5. The third-order valence-corrected chi connectivity index (χ3v) is 10.3. The van der Waals surface area contributed by atoms with Gasteiger partial charge >= 0.3 is 0 Å². The van der Waals surface area contributed by atoms with Crippen LogP contribution in [0.15, 0.2) is 107 Å². The molecule has 0 aliphatic heterocycles. The molecule has 0 fully saturated rings. The first-order valence-corrected chi connectivity index (χ1v) is 17.2. The van der Waals surface area contributed by atoms with E-state index >= 15 is 0 Å². The highest BCUT2D eigenvalue weighted by Crippen LogP contribution is 2.34. The van der Waals surface area contributed by atoms with Crippen molar-refractivity contribution in [2.45, 2.75) is 41.4 Å². The Hall–Kier alpha value is -4.52. The molecule has 2 aromatic heterocycles. The van der Waals surface area contributed by atoms with Gasteiger partial charge in [-0.2, -0.15) is 0 Å². The molecule has 0 atom stereocenters. The zero-order chi connectivity index (χ0) is 32.3. The molecule has 0 aliphatic carbocycles. The molecule has 1 amide bonds. The van der Waals surface area contributed by atoms with Crippen molar-refractivity contribution in [3.8, 4) is 17.1 Å². The van der Waals surface area contributed by atoms with Gasteiger partial charge in [0.2, 0.25) is 5.91 Å². The Bertz CT molecular complexity index is 2000. The fraction of sp³-hybridized carbons (Fsp3) is 0.176. The van der Waals surface area contributed by atoms with Gasteiger partial charge in [-0.25, -0.2) is 4.98 Å². The number of para-hydroxylation sites is 1. The minimum Gasteiger partial charge on any atom is -0.325 e. The van der Waals surface area contributed by atoms with Gasteiger partial charge in [-0.1, -0.05) is 98.9 Å². The van der Waals surface area contributed by atoms with Crippen LogP contribution in [-0.4, -0.2) is 36.3 Å². The molecule has 0 radical (unpaired) electrons. The summed E-state index contributed by atoms with van der Waals surface area (Å²) in [7, 11) is 0. The van der Waals surface area contributed by atoms with Gasteiger partial charge in [0.15, 0.2) is 15.3 Å². The van der Waals surface area contributed by atoms with Crippen LogP contribution in [0.1, 0.15) is 31.9 Å². The van der Waals surface area contributed by atoms with Crippen LogP contribution < -0.4 is 5.32 Å². The molecule has 0 unspecified atom stereocenters. The number of nitrogens with zero attached hydrogens (tertiary/aromatic N) is 5. The molecule has 232 valence electrons. The van der Waals surface area contributed by atoms with E-state index in [1.54, 1.807) is 35.2 Å². The number of benzene rings is 4. The molecule has 6 aromatic rings. The molecular formula is C34H30N6O3S3. The van der Waals surface area contributed by atoms with Crippen LogP contribution in [-0.2, 0) is 16.0 Å². The molecule has 1 N–H and O–H groups in total. The maximum Gasteiger partial charge on any atom is 0.269 e. The number of thiazole rings is 1. The molecule has 4 aromatic carbocycles. The molecule has 46 heavy (non-hydrogen) atoms. The number of nitro groups is 1. The lowest BCUT2D eigenvalue weighted by atomic mass is 9.87. The predicted octanol–water partition coefficient (Wildman–Crippen LogP) is 8.77. The second-order valence-corrected chi connectivity index (χ2v) is 14.7. The number of anilines is 1. The van der Waals surface area contributed by atoms with E-state index in [0.717, 1.165) is 31.4 Å². The van der Waals surface area contributed by atoms with Crippen molar-refractivity contribution in [3.05, 3.63) is 118 Å². The highest BCUT2D eigenvalue weighted by molar-refractivity contribution is 8.00. The molecule has 9 nitrogen and oxygen atoms in total. The predicted molar refractivity (Wildman–Crippen MR) is 187 cm³/mol. The van der Waals surface area contributed by atoms with Crippen LogP contribution in [0, 0.1) is 10.1 Å². The van der Waals surface area contributed by atoms with Gasteiger partial charge in [-0.05, 0) is 46.9 Å². The van der Waals surface area contributed by atoms with Crippen LogP contribution in [0.3, 0.4) is 0 Å². The molecule has 0 spiro atoms. The molecule has 6 rings (SSSR count). The second-order valence-electron chi connectivity index (χ2n) is 11.5. The third kappa shape index (κ3) is 7.30. The van der Waals surface area contributed by atoms with E-state index in [-0.39, 0.29) is 22.8 Å². The zero-order valence-corrected chi connectivity index (χ0v) is 27.8. The fourth-order valence-corrected chi connectivity index (χ4v) is 7.52. The highest BCUT2D eigenvalue weighted by Gasteiger charge is 2.19. The van der Waals surface area contributed by atoms with E-state index in [9.17, 15) is 14.9 Å². The summed E-state index contributed by atoms with van der Waals surface area (Å²) in [5.41, 5.74) is 5.75. The number of carbonyl (C=O) groups is 1. The van der Waals surface area contributed by atoms with E-state index in [2.05, 4.69) is 60.6 Å². The molecule has 12 heteroatoms. The number of carbonyl (C=O) groups excluding carboxylic acids is 1. The van der Waals surface area contributed by atoms with Gasteiger partial charge < -0.3 is 5.32 Å². The van der Waals surface area contributed by atoms with E-state index in [1.165, 1.54) is 29.5 Å². The summed E-state index contributed by atoms with van der Waals surface area (Å²) in [5, 5.41) is 23.5. The Balaban J connectivity index is 1.12. The Morgan fingerprint density at radius 3 is 2.37 bits per heavy atom. The van der Waals surface area contributed by atoms with Crippen molar-refractivity contribution in [2.75, 3.05) is 11.1 Å².